The van der Waals surface area contributed by atoms with Crippen LogP contribution < -0.4 is 0 Å². The lowest BCUT2D eigenvalue weighted by Gasteiger charge is -2.42. The first-order valence-corrected chi connectivity index (χ1v) is 8.20. The molecular weight excluding hydrogens is 304 g/mol. The molecule has 0 radical (unpaired) electrons. The molecule has 0 saturated carbocycles. The quantitative estimate of drug-likeness (QED) is 0.471. The van der Waals surface area contributed by atoms with Gasteiger partial charge in [-0.15, -0.1) is 0 Å². The maximum Gasteiger partial charge on any atom is 0.319 e. The number of carbonyl (C=O) groups is 3. The van der Waals surface area contributed by atoms with E-state index in [1.54, 1.807) is 26.0 Å². The molecule has 1 atom stereocenters. The predicted molar refractivity (Wildman–Crippen MR) is 91.9 cm³/mol. The molecule has 1 aliphatic heterocycles. The standard InChI is InChI=1S/C20H26O4/c1-18(2,3)13-10-8-12(9-11-13)14(21)15-19(4,5)16(22)20(6,7)17(23)24-15/h8-11,15H,1-7H3/t15-/m1/s1. The molecule has 4 heteroatoms. The number of ketones is 2. The van der Waals surface area contributed by atoms with Crippen LogP contribution in [0.4, 0.5) is 0 Å². The normalized spacial score (nSPS) is 22.9. The fraction of sp³-hybridized carbons (Fsp3) is 0.550. The second-order valence-electron chi connectivity index (χ2n) is 8.65. The molecule has 0 N–H and O–H groups in total. The monoisotopic (exact) mass is 330 g/mol. The zero-order valence-corrected chi connectivity index (χ0v) is 15.5. The molecule has 0 aliphatic carbocycles. The first-order valence-electron chi connectivity index (χ1n) is 8.20. The number of cyclic esters (lactones) is 1. The van der Waals surface area contributed by atoms with Gasteiger partial charge in [-0.1, -0.05) is 45.0 Å². The third-order valence-corrected chi connectivity index (χ3v) is 4.82. The number of carbonyl (C=O) groups excluding carboxylic acids is 3. The van der Waals surface area contributed by atoms with Crippen LogP contribution in [0.1, 0.15) is 64.4 Å². The van der Waals surface area contributed by atoms with Gasteiger partial charge in [0, 0.05) is 5.56 Å². The summed E-state index contributed by atoms with van der Waals surface area (Å²) in [7, 11) is 0. The minimum Gasteiger partial charge on any atom is -0.452 e. The van der Waals surface area contributed by atoms with Crippen molar-refractivity contribution in [2.45, 2.75) is 60.0 Å². The summed E-state index contributed by atoms with van der Waals surface area (Å²) in [6.07, 6.45) is -1.09. The summed E-state index contributed by atoms with van der Waals surface area (Å²) in [5.41, 5.74) is -0.747. The third kappa shape index (κ3) is 2.90. The number of hydrogen-bond acceptors (Lipinski definition) is 4. The average Bonchev–Trinajstić information content (AvgIpc) is 2.48. The Morgan fingerprint density at radius 1 is 1.00 bits per heavy atom. The van der Waals surface area contributed by atoms with Crippen molar-refractivity contribution in [2.75, 3.05) is 0 Å². The molecule has 2 rings (SSSR count). The molecule has 1 fully saturated rings. The Balaban J connectivity index is 2.36. The Labute approximate surface area is 143 Å². The Kier molecular flexibility index (Phi) is 4.24. The van der Waals surface area contributed by atoms with Gasteiger partial charge in [-0.25, -0.2) is 0 Å². The molecule has 1 aliphatic rings. The maximum atomic E-state index is 12.8. The second-order valence-corrected chi connectivity index (χ2v) is 8.65. The van der Waals surface area contributed by atoms with Crippen LogP contribution in [0.5, 0.6) is 0 Å². The van der Waals surface area contributed by atoms with Gasteiger partial charge < -0.3 is 4.74 Å². The molecule has 0 spiro atoms. The van der Waals surface area contributed by atoms with Crippen LogP contribution in [-0.2, 0) is 19.7 Å². The summed E-state index contributed by atoms with van der Waals surface area (Å²) in [6, 6.07) is 7.27. The highest BCUT2D eigenvalue weighted by atomic mass is 16.6. The van der Waals surface area contributed by atoms with Crippen molar-refractivity contribution in [1.82, 2.24) is 0 Å². The van der Waals surface area contributed by atoms with Crippen molar-refractivity contribution in [3.05, 3.63) is 35.4 Å². The van der Waals surface area contributed by atoms with Crippen LogP contribution in [0.2, 0.25) is 0 Å². The lowest BCUT2D eigenvalue weighted by Crippen LogP contribution is -2.58. The summed E-state index contributed by atoms with van der Waals surface area (Å²) in [5.74, 6) is -1.25. The van der Waals surface area contributed by atoms with Gasteiger partial charge in [0.05, 0.1) is 5.41 Å². The van der Waals surface area contributed by atoms with E-state index in [2.05, 4.69) is 20.8 Å². The number of hydrogen-bond donors (Lipinski definition) is 0. The number of Topliss-reactive ketones (excluding diaryl/α,β-unsaturated/α-hetero) is 2. The number of esters is 1. The van der Waals surface area contributed by atoms with E-state index in [1.807, 2.05) is 12.1 Å². The molecule has 24 heavy (non-hydrogen) atoms. The Bertz CT molecular complexity index is 687. The minimum atomic E-state index is -1.23. The highest BCUT2D eigenvalue weighted by Crippen LogP contribution is 2.41. The fourth-order valence-corrected chi connectivity index (χ4v) is 3.09. The average molecular weight is 330 g/mol. The topological polar surface area (TPSA) is 60.4 Å². The van der Waals surface area contributed by atoms with Crippen molar-refractivity contribution in [1.29, 1.82) is 0 Å². The number of ether oxygens (including phenoxy) is 1. The third-order valence-electron chi connectivity index (χ3n) is 4.82. The Morgan fingerprint density at radius 2 is 1.50 bits per heavy atom. The van der Waals surface area contributed by atoms with E-state index < -0.39 is 22.9 Å². The predicted octanol–water partition coefficient (Wildman–Crippen LogP) is 3.71. The van der Waals surface area contributed by atoms with Gasteiger partial charge in [0.15, 0.2) is 11.9 Å². The van der Waals surface area contributed by atoms with Crippen molar-refractivity contribution >= 4 is 17.5 Å². The number of benzene rings is 1. The van der Waals surface area contributed by atoms with Gasteiger partial charge in [-0.05, 0) is 38.7 Å². The summed E-state index contributed by atoms with van der Waals surface area (Å²) in [4.78, 5) is 37.7. The highest BCUT2D eigenvalue weighted by Gasteiger charge is 2.57. The second kappa shape index (κ2) is 5.54. The molecule has 0 aromatic heterocycles. The highest BCUT2D eigenvalue weighted by molar-refractivity contribution is 6.13. The van der Waals surface area contributed by atoms with E-state index in [-0.39, 0.29) is 17.0 Å². The molecule has 130 valence electrons. The molecule has 4 nitrogen and oxygen atoms in total. The van der Waals surface area contributed by atoms with Crippen LogP contribution in [0.15, 0.2) is 24.3 Å². The molecule has 1 aromatic rings. The molecule has 0 unspecified atom stereocenters. The van der Waals surface area contributed by atoms with Gasteiger partial charge in [0.2, 0.25) is 5.78 Å². The lowest BCUT2D eigenvalue weighted by atomic mass is 9.67. The van der Waals surface area contributed by atoms with Crippen molar-refractivity contribution in [3.8, 4) is 0 Å². The molecule has 0 amide bonds. The van der Waals surface area contributed by atoms with Gasteiger partial charge in [-0.3, -0.25) is 14.4 Å². The van der Waals surface area contributed by atoms with E-state index >= 15 is 0 Å². The first kappa shape index (κ1) is 18.4. The smallest absolute Gasteiger partial charge is 0.319 e. The zero-order chi connectivity index (χ0) is 18.5. The van der Waals surface area contributed by atoms with E-state index in [4.69, 9.17) is 4.74 Å². The molecule has 1 saturated heterocycles. The largest absolute Gasteiger partial charge is 0.452 e. The summed E-state index contributed by atoms with van der Waals surface area (Å²) in [6.45, 7) is 12.7. The zero-order valence-electron chi connectivity index (χ0n) is 15.5. The van der Waals surface area contributed by atoms with Gasteiger partial charge in [0.1, 0.15) is 5.41 Å². The molecule has 1 heterocycles. The van der Waals surface area contributed by atoms with Crippen LogP contribution in [0.3, 0.4) is 0 Å². The summed E-state index contributed by atoms with van der Waals surface area (Å²) in [5, 5.41) is 0. The van der Waals surface area contributed by atoms with Gasteiger partial charge >= 0.3 is 5.97 Å². The van der Waals surface area contributed by atoms with Gasteiger partial charge in [-0.2, -0.15) is 0 Å². The van der Waals surface area contributed by atoms with Crippen LogP contribution in [-0.4, -0.2) is 23.6 Å². The fourth-order valence-electron chi connectivity index (χ4n) is 3.09. The van der Waals surface area contributed by atoms with Gasteiger partial charge in [0.25, 0.3) is 0 Å². The maximum absolute atomic E-state index is 12.8. The SMILES string of the molecule is CC1(C)C(=O)O[C@H](C(=O)c2ccc(C(C)(C)C)cc2)C(C)(C)C1=O. The Morgan fingerprint density at radius 3 is 1.96 bits per heavy atom. The van der Waals surface area contributed by atoms with Crippen LogP contribution in [0, 0.1) is 10.8 Å². The minimum absolute atomic E-state index is 0.0157. The molecular formula is C20H26O4. The number of rotatable bonds is 2. The first-order chi connectivity index (χ1) is 10.8. The van der Waals surface area contributed by atoms with E-state index in [9.17, 15) is 14.4 Å². The van der Waals surface area contributed by atoms with Crippen LogP contribution >= 0.6 is 0 Å². The lowest BCUT2D eigenvalue weighted by molar-refractivity contribution is -0.181. The van der Waals surface area contributed by atoms with Crippen molar-refractivity contribution in [2.24, 2.45) is 10.8 Å². The molecule has 0 bridgehead atoms. The Hall–Kier alpha value is -1.97. The van der Waals surface area contributed by atoms with E-state index in [0.717, 1.165) is 5.56 Å². The van der Waals surface area contributed by atoms with E-state index in [1.165, 1.54) is 13.8 Å². The van der Waals surface area contributed by atoms with E-state index in [0.29, 0.717) is 5.56 Å². The van der Waals surface area contributed by atoms with Crippen molar-refractivity contribution < 1.29 is 19.1 Å². The summed E-state index contributed by atoms with van der Waals surface area (Å²) < 4.78 is 5.39. The van der Waals surface area contributed by atoms with Crippen molar-refractivity contribution in [3.63, 3.8) is 0 Å². The van der Waals surface area contributed by atoms with Crippen LogP contribution in [0.25, 0.3) is 0 Å². The molecule has 1 aromatic carbocycles. The summed E-state index contributed by atoms with van der Waals surface area (Å²) >= 11 is 0.